The van der Waals surface area contributed by atoms with Gasteiger partial charge in [0.1, 0.15) is 0 Å². The summed E-state index contributed by atoms with van der Waals surface area (Å²) in [5, 5.41) is 4.23. The van der Waals surface area contributed by atoms with Crippen LogP contribution in [0.4, 0.5) is 5.69 Å². The lowest BCUT2D eigenvalue weighted by Gasteiger charge is -2.18. The van der Waals surface area contributed by atoms with Crippen LogP contribution in [0.1, 0.15) is 18.5 Å². The second-order valence-corrected chi connectivity index (χ2v) is 6.16. The zero-order valence-electron chi connectivity index (χ0n) is 9.75. The van der Waals surface area contributed by atoms with E-state index >= 15 is 0 Å². The van der Waals surface area contributed by atoms with Gasteiger partial charge >= 0.3 is 0 Å². The lowest BCUT2D eigenvalue weighted by molar-refractivity contribution is 0.882. The molecule has 18 heavy (non-hydrogen) atoms. The number of rotatable bonds is 3. The van der Waals surface area contributed by atoms with Crippen LogP contribution in [-0.2, 0) is 0 Å². The molecule has 2 rings (SSSR count). The summed E-state index contributed by atoms with van der Waals surface area (Å²) < 4.78 is 2.08. The minimum Gasteiger partial charge on any atom is -0.377 e. The smallest absolute Gasteiger partial charge is 0.0633 e. The SMILES string of the molecule is CC(Nc1c(Br)cccc1Br)c1ccc(Cl)cc1. The fraction of sp³-hybridized carbons (Fsp3) is 0.143. The molecule has 1 unspecified atom stereocenters. The van der Waals surface area contributed by atoms with E-state index in [0.29, 0.717) is 0 Å². The van der Waals surface area contributed by atoms with E-state index < -0.39 is 0 Å². The molecule has 0 saturated carbocycles. The van der Waals surface area contributed by atoms with Crippen molar-refractivity contribution in [1.29, 1.82) is 0 Å². The second kappa shape index (κ2) is 6.09. The summed E-state index contributed by atoms with van der Waals surface area (Å²) in [6, 6.07) is 14.1. The average Bonchev–Trinajstić information content (AvgIpc) is 2.34. The molecular weight excluding hydrogens is 377 g/mol. The van der Waals surface area contributed by atoms with Gasteiger partial charge in [-0.05, 0) is 68.6 Å². The molecule has 0 saturated heterocycles. The third-order valence-corrected chi connectivity index (χ3v) is 4.27. The Kier molecular flexibility index (Phi) is 4.71. The molecule has 0 bridgehead atoms. The molecule has 1 atom stereocenters. The maximum absolute atomic E-state index is 5.89. The first-order valence-electron chi connectivity index (χ1n) is 5.54. The Bertz CT molecular complexity index is 520. The zero-order valence-corrected chi connectivity index (χ0v) is 13.7. The van der Waals surface area contributed by atoms with E-state index in [9.17, 15) is 0 Å². The van der Waals surface area contributed by atoms with Gasteiger partial charge in [0, 0.05) is 20.0 Å². The molecule has 1 nitrogen and oxygen atoms in total. The molecule has 4 heteroatoms. The van der Waals surface area contributed by atoms with Crippen LogP contribution in [0.3, 0.4) is 0 Å². The number of para-hydroxylation sites is 1. The highest BCUT2D eigenvalue weighted by Gasteiger charge is 2.09. The maximum Gasteiger partial charge on any atom is 0.0633 e. The molecule has 0 spiro atoms. The van der Waals surface area contributed by atoms with E-state index in [1.165, 1.54) is 5.56 Å². The molecule has 0 aliphatic heterocycles. The molecule has 94 valence electrons. The zero-order chi connectivity index (χ0) is 13.1. The topological polar surface area (TPSA) is 12.0 Å². The molecule has 2 aromatic rings. The minimum absolute atomic E-state index is 0.206. The molecule has 1 N–H and O–H groups in total. The minimum atomic E-state index is 0.206. The van der Waals surface area contributed by atoms with Crippen molar-refractivity contribution in [1.82, 2.24) is 0 Å². The lowest BCUT2D eigenvalue weighted by Crippen LogP contribution is -2.07. The first-order chi connectivity index (χ1) is 8.58. The van der Waals surface area contributed by atoms with Crippen molar-refractivity contribution in [2.24, 2.45) is 0 Å². The van der Waals surface area contributed by atoms with Crippen LogP contribution in [-0.4, -0.2) is 0 Å². The lowest BCUT2D eigenvalue weighted by atomic mass is 10.1. The number of halogens is 3. The van der Waals surface area contributed by atoms with Crippen molar-refractivity contribution in [2.75, 3.05) is 5.32 Å². The quantitative estimate of drug-likeness (QED) is 0.675. The first-order valence-corrected chi connectivity index (χ1v) is 7.50. The van der Waals surface area contributed by atoms with Crippen LogP contribution in [0.5, 0.6) is 0 Å². The summed E-state index contributed by atoms with van der Waals surface area (Å²) in [6.45, 7) is 2.12. The maximum atomic E-state index is 5.89. The fourth-order valence-electron chi connectivity index (χ4n) is 1.69. The van der Waals surface area contributed by atoms with Crippen LogP contribution >= 0.6 is 43.5 Å². The number of anilines is 1. The van der Waals surface area contributed by atoms with Crippen molar-refractivity contribution < 1.29 is 0 Å². The average molecular weight is 390 g/mol. The molecule has 0 aliphatic rings. The van der Waals surface area contributed by atoms with E-state index in [1.54, 1.807) is 0 Å². The van der Waals surface area contributed by atoms with E-state index in [1.807, 2.05) is 42.5 Å². The van der Waals surface area contributed by atoms with E-state index in [2.05, 4.69) is 44.1 Å². The monoisotopic (exact) mass is 387 g/mol. The highest BCUT2D eigenvalue weighted by Crippen LogP contribution is 2.33. The molecule has 0 fully saturated rings. The summed E-state index contributed by atoms with van der Waals surface area (Å²) in [7, 11) is 0. The Morgan fingerprint density at radius 3 is 2.11 bits per heavy atom. The van der Waals surface area contributed by atoms with Crippen molar-refractivity contribution in [2.45, 2.75) is 13.0 Å². The van der Waals surface area contributed by atoms with Gasteiger partial charge in [0.2, 0.25) is 0 Å². The van der Waals surface area contributed by atoms with Crippen LogP contribution in [0.15, 0.2) is 51.4 Å². The molecule has 0 amide bonds. The van der Waals surface area contributed by atoms with Crippen LogP contribution in [0.25, 0.3) is 0 Å². The van der Waals surface area contributed by atoms with Gasteiger partial charge in [0.05, 0.1) is 5.69 Å². The van der Waals surface area contributed by atoms with Crippen molar-refractivity contribution in [3.05, 3.63) is 62.0 Å². The number of benzene rings is 2. The van der Waals surface area contributed by atoms with Gasteiger partial charge in [0.15, 0.2) is 0 Å². The van der Waals surface area contributed by atoms with Gasteiger partial charge in [0.25, 0.3) is 0 Å². The summed E-state index contributed by atoms with van der Waals surface area (Å²) in [5.41, 5.74) is 2.25. The molecule has 0 heterocycles. The van der Waals surface area contributed by atoms with Crippen LogP contribution in [0.2, 0.25) is 5.02 Å². The van der Waals surface area contributed by atoms with E-state index in [4.69, 9.17) is 11.6 Å². The van der Waals surface area contributed by atoms with Crippen molar-refractivity contribution >= 4 is 49.1 Å². The van der Waals surface area contributed by atoms with Crippen molar-refractivity contribution in [3.8, 4) is 0 Å². The second-order valence-electron chi connectivity index (χ2n) is 4.01. The number of nitrogens with one attached hydrogen (secondary N) is 1. The van der Waals surface area contributed by atoms with Gasteiger partial charge in [-0.25, -0.2) is 0 Å². The first kappa shape index (κ1) is 13.9. The molecule has 2 aromatic carbocycles. The van der Waals surface area contributed by atoms with Gasteiger partial charge in [-0.1, -0.05) is 29.8 Å². The van der Waals surface area contributed by atoms with E-state index in [-0.39, 0.29) is 6.04 Å². The summed E-state index contributed by atoms with van der Waals surface area (Å²) in [4.78, 5) is 0. The Balaban J connectivity index is 2.21. The standard InChI is InChI=1S/C14H12Br2ClN/c1-9(10-5-7-11(17)8-6-10)18-14-12(15)3-2-4-13(14)16/h2-9,18H,1H3. The Morgan fingerprint density at radius 1 is 1.00 bits per heavy atom. The van der Waals surface area contributed by atoms with Gasteiger partial charge < -0.3 is 5.32 Å². The molecule has 0 aromatic heterocycles. The Morgan fingerprint density at radius 2 is 1.56 bits per heavy atom. The summed E-state index contributed by atoms with van der Waals surface area (Å²) >= 11 is 13.0. The summed E-state index contributed by atoms with van der Waals surface area (Å²) in [6.07, 6.45) is 0. The third kappa shape index (κ3) is 3.28. The highest BCUT2D eigenvalue weighted by atomic mass is 79.9. The van der Waals surface area contributed by atoms with Crippen molar-refractivity contribution in [3.63, 3.8) is 0 Å². The predicted octanol–water partition coefficient (Wildman–Crippen LogP) is 6.04. The molecule has 0 radical (unpaired) electrons. The Labute approximate surface area is 129 Å². The largest absolute Gasteiger partial charge is 0.377 e. The van der Waals surface area contributed by atoms with Gasteiger partial charge in [-0.2, -0.15) is 0 Å². The fourth-order valence-corrected chi connectivity index (χ4v) is 3.04. The Hall–Kier alpha value is -0.510. The summed E-state index contributed by atoms with van der Waals surface area (Å²) in [5.74, 6) is 0. The normalized spacial score (nSPS) is 12.2. The molecule has 0 aliphatic carbocycles. The van der Waals surface area contributed by atoms with Gasteiger partial charge in [-0.3, -0.25) is 0 Å². The number of hydrogen-bond donors (Lipinski definition) is 1. The number of hydrogen-bond acceptors (Lipinski definition) is 1. The third-order valence-electron chi connectivity index (χ3n) is 2.69. The van der Waals surface area contributed by atoms with E-state index in [0.717, 1.165) is 19.7 Å². The molecular formula is C14H12Br2ClN. The van der Waals surface area contributed by atoms with Gasteiger partial charge in [-0.15, -0.1) is 0 Å². The highest BCUT2D eigenvalue weighted by molar-refractivity contribution is 9.11. The predicted molar refractivity (Wildman–Crippen MR) is 85.3 cm³/mol. The van der Waals surface area contributed by atoms with Crippen LogP contribution < -0.4 is 5.32 Å². The van der Waals surface area contributed by atoms with Crippen LogP contribution in [0, 0.1) is 0 Å².